The van der Waals surface area contributed by atoms with E-state index in [1.165, 1.54) is 10.8 Å². The van der Waals surface area contributed by atoms with Crippen molar-refractivity contribution in [2.45, 2.75) is 5.76 Å². The van der Waals surface area contributed by atoms with Crippen LogP contribution in [-0.2, 0) is 10.0 Å². The number of sulfonamides is 1. The molecular formula is C6H6F2N2O3S. The van der Waals surface area contributed by atoms with Crippen molar-refractivity contribution in [2.24, 2.45) is 0 Å². The van der Waals surface area contributed by atoms with Crippen LogP contribution in [0.25, 0.3) is 0 Å². The average molecular weight is 224 g/mol. The summed E-state index contributed by atoms with van der Waals surface area (Å²) in [5, 5.41) is 9.02. The maximum Gasteiger partial charge on any atom is 0.355 e. The Labute approximate surface area is 78.5 Å². The van der Waals surface area contributed by atoms with Crippen molar-refractivity contribution in [1.82, 2.24) is 4.98 Å². The van der Waals surface area contributed by atoms with Crippen LogP contribution >= 0.6 is 0 Å². The van der Waals surface area contributed by atoms with Crippen molar-refractivity contribution < 1.29 is 22.3 Å². The second kappa shape index (κ2) is 3.74. The predicted molar refractivity (Wildman–Crippen MR) is 44.4 cm³/mol. The minimum atomic E-state index is -4.78. The van der Waals surface area contributed by atoms with Crippen molar-refractivity contribution in [3.8, 4) is 5.75 Å². The van der Waals surface area contributed by atoms with E-state index in [2.05, 4.69) is 4.98 Å². The summed E-state index contributed by atoms with van der Waals surface area (Å²) in [4.78, 5) is 3.37. The predicted octanol–water partition coefficient (Wildman–Crippen LogP) is 0.751. The number of hydrogen-bond donors (Lipinski definition) is 2. The lowest BCUT2D eigenvalue weighted by Crippen LogP contribution is -2.21. The zero-order chi connectivity index (χ0) is 10.8. The fraction of sp³-hybridized carbons (Fsp3) is 0.167. The van der Waals surface area contributed by atoms with Crippen LogP contribution in [0.1, 0.15) is 0 Å². The highest BCUT2D eigenvalue weighted by Crippen LogP contribution is 2.21. The summed E-state index contributed by atoms with van der Waals surface area (Å²) < 4.78 is 46.5. The lowest BCUT2D eigenvalue weighted by molar-refractivity contribution is 0.236. The Morgan fingerprint density at radius 2 is 2.14 bits per heavy atom. The van der Waals surface area contributed by atoms with Gasteiger partial charge in [0.05, 0.1) is 0 Å². The van der Waals surface area contributed by atoms with E-state index in [1.807, 2.05) is 0 Å². The van der Waals surface area contributed by atoms with E-state index >= 15 is 0 Å². The Morgan fingerprint density at radius 3 is 2.64 bits per heavy atom. The largest absolute Gasteiger partial charge is 0.504 e. The number of rotatable bonds is 3. The maximum atomic E-state index is 11.9. The van der Waals surface area contributed by atoms with Crippen LogP contribution in [0.5, 0.6) is 5.75 Å². The van der Waals surface area contributed by atoms with Gasteiger partial charge in [-0.1, -0.05) is 0 Å². The number of aromatic hydroxyl groups is 1. The highest BCUT2D eigenvalue weighted by atomic mass is 32.2. The minimum absolute atomic E-state index is 0.517. The highest BCUT2D eigenvalue weighted by Gasteiger charge is 2.25. The third-order valence-electron chi connectivity index (χ3n) is 1.26. The molecule has 0 saturated carbocycles. The molecule has 0 amide bonds. The molecule has 0 saturated heterocycles. The maximum absolute atomic E-state index is 11.9. The van der Waals surface area contributed by atoms with Gasteiger partial charge in [-0.25, -0.2) is 13.4 Å². The third-order valence-corrected chi connectivity index (χ3v) is 2.21. The molecule has 1 heterocycles. The summed E-state index contributed by atoms with van der Waals surface area (Å²) in [7, 11) is -4.78. The first-order valence-corrected chi connectivity index (χ1v) is 4.92. The molecule has 78 valence electrons. The number of nitrogens with zero attached hydrogens (tertiary/aromatic N) is 1. The quantitative estimate of drug-likeness (QED) is 0.794. The van der Waals surface area contributed by atoms with Gasteiger partial charge in [0.15, 0.2) is 11.6 Å². The average Bonchev–Trinajstić information content (AvgIpc) is 2.08. The van der Waals surface area contributed by atoms with E-state index in [0.29, 0.717) is 0 Å². The van der Waals surface area contributed by atoms with Gasteiger partial charge < -0.3 is 5.11 Å². The highest BCUT2D eigenvalue weighted by molar-refractivity contribution is 7.93. The molecule has 1 rings (SSSR count). The molecule has 0 spiro atoms. The molecule has 0 atom stereocenters. The second-order valence-corrected chi connectivity index (χ2v) is 3.93. The monoisotopic (exact) mass is 224 g/mol. The Bertz CT molecular complexity index is 421. The van der Waals surface area contributed by atoms with Crippen molar-refractivity contribution in [3.05, 3.63) is 18.3 Å². The molecule has 1 aromatic rings. The van der Waals surface area contributed by atoms with Crippen LogP contribution < -0.4 is 4.72 Å². The fourth-order valence-corrected chi connectivity index (χ4v) is 1.17. The normalized spacial score (nSPS) is 11.6. The first kappa shape index (κ1) is 10.6. The van der Waals surface area contributed by atoms with Gasteiger partial charge in [0.2, 0.25) is 0 Å². The molecule has 2 N–H and O–H groups in total. The second-order valence-electron chi connectivity index (χ2n) is 2.28. The molecule has 1 aromatic heterocycles. The molecule has 0 aliphatic heterocycles. The van der Waals surface area contributed by atoms with Gasteiger partial charge in [-0.15, -0.1) is 0 Å². The number of pyridine rings is 1. The molecule has 0 aliphatic carbocycles. The number of aromatic nitrogens is 1. The molecular weight excluding hydrogens is 218 g/mol. The van der Waals surface area contributed by atoms with Gasteiger partial charge in [0.25, 0.3) is 10.0 Å². The van der Waals surface area contributed by atoms with Gasteiger partial charge in [-0.3, -0.25) is 4.72 Å². The summed E-state index contributed by atoms with van der Waals surface area (Å²) in [5.41, 5.74) is 0. The Morgan fingerprint density at radius 1 is 1.50 bits per heavy atom. The smallest absolute Gasteiger partial charge is 0.355 e. The van der Waals surface area contributed by atoms with Crippen molar-refractivity contribution >= 4 is 15.8 Å². The third kappa shape index (κ3) is 2.28. The Kier molecular flexibility index (Phi) is 2.84. The van der Waals surface area contributed by atoms with Crippen LogP contribution in [0.4, 0.5) is 14.6 Å². The minimum Gasteiger partial charge on any atom is -0.504 e. The first-order chi connectivity index (χ1) is 6.43. The van der Waals surface area contributed by atoms with Crippen molar-refractivity contribution in [1.29, 1.82) is 0 Å². The van der Waals surface area contributed by atoms with E-state index in [1.54, 1.807) is 0 Å². The molecule has 0 aliphatic rings. The summed E-state index contributed by atoms with van der Waals surface area (Å²) in [6.07, 6.45) is 1.16. The lowest BCUT2D eigenvalue weighted by atomic mass is 10.4. The molecule has 14 heavy (non-hydrogen) atoms. The fourth-order valence-electron chi connectivity index (χ4n) is 0.655. The number of halogens is 2. The van der Waals surface area contributed by atoms with Crippen molar-refractivity contribution in [2.75, 3.05) is 4.72 Å². The van der Waals surface area contributed by atoms with E-state index < -0.39 is 27.3 Å². The topological polar surface area (TPSA) is 79.3 Å². The molecule has 0 fully saturated rings. The summed E-state index contributed by atoms with van der Waals surface area (Å²) in [5.74, 6) is -4.60. The molecule has 0 unspecified atom stereocenters. The summed E-state index contributed by atoms with van der Waals surface area (Å²) in [6.45, 7) is 0. The zero-order valence-electron chi connectivity index (χ0n) is 6.68. The van der Waals surface area contributed by atoms with Gasteiger partial charge in [0, 0.05) is 6.20 Å². The number of alkyl halides is 2. The number of nitrogens with one attached hydrogen (secondary N) is 1. The van der Waals surface area contributed by atoms with E-state index in [0.717, 1.165) is 12.3 Å². The zero-order valence-corrected chi connectivity index (χ0v) is 7.50. The van der Waals surface area contributed by atoms with Crippen LogP contribution in [-0.4, -0.2) is 24.3 Å². The van der Waals surface area contributed by atoms with Gasteiger partial charge in [-0.05, 0) is 12.1 Å². The molecule has 0 radical (unpaired) electrons. The van der Waals surface area contributed by atoms with Crippen LogP contribution in [0, 0.1) is 0 Å². The van der Waals surface area contributed by atoms with Crippen LogP contribution in [0.15, 0.2) is 18.3 Å². The lowest BCUT2D eigenvalue weighted by Gasteiger charge is -2.06. The standard InChI is InChI=1S/C6H6F2N2O3S/c7-6(8)14(12,13)10-5-4(11)2-1-3-9-5/h1-3,6,11H,(H,9,10). The number of anilines is 1. The van der Waals surface area contributed by atoms with Gasteiger partial charge in [0.1, 0.15) is 0 Å². The summed E-state index contributed by atoms with van der Waals surface area (Å²) >= 11 is 0. The molecule has 5 nitrogen and oxygen atoms in total. The molecule has 8 heteroatoms. The Balaban J connectivity index is 2.96. The van der Waals surface area contributed by atoms with Crippen molar-refractivity contribution in [3.63, 3.8) is 0 Å². The number of hydrogen-bond acceptors (Lipinski definition) is 4. The van der Waals surface area contributed by atoms with E-state index in [9.17, 15) is 17.2 Å². The Hall–Kier alpha value is -1.44. The first-order valence-electron chi connectivity index (χ1n) is 3.37. The van der Waals surface area contributed by atoms with Crippen LogP contribution in [0.3, 0.4) is 0 Å². The van der Waals surface area contributed by atoms with E-state index in [-0.39, 0.29) is 0 Å². The molecule has 0 aromatic carbocycles. The molecule has 0 bridgehead atoms. The van der Waals surface area contributed by atoms with Gasteiger partial charge >= 0.3 is 5.76 Å². The van der Waals surface area contributed by atoms with Crippen LogP contribution in [0.2, 0.25) is 0 Å². The summed E-state index contributed by atoms with van der Waals surface area (Å²) in [6, 6.07) is 2.45. The van der Waals surface area contributed by atoms with E-state index in [4.69, 9.17) is 5.11 Å². The van der Waals surface area contributed by atoms with Gasteiger partial charge in [-0.2, -0.15) is 8.78 Å². The SMILES string of the molecule is O=S(=O)(Nc1ncccc1O)C(F)F.